The van der Waals surface area contributed by atoms with Crippen molar-refractivity contribution in [2.45, 2.75) is 52.6 Å². The van der Waals surface area contributed by atoms with Gasteiger partial charge in [-0.15, -0.1) is 0 Å². The number of anilines is 1. The Labute approximate surface area is 117 Å². The zero-order valence-corrected chi connectivity index (χ0v) is 12.5. The van der Waals surface area contributed by atoms with Crippen LogP contribution in [0.5, 0.6) is 0 Å². The minimum absolute atomic E-state index is 0.610. The first-order chi connectivity index (χ1) is 9.19. The van der Waals surface area contributed by atoms with Gasteiger partial charge in [-0.3, -0.25) is 4.90 Å². The lowest BCUT2D eigenvalue weighted by Crippen LogP contribution is -2.32. The van der Waals surface area contributed by atoms with Crippen LogP contribution in [0, 0.1) is 5.92 Å². The molecule has 1 aromatic rings. The molecule has 1 N–H and O–H groups in total. The summed E-state index contributed by atoms with van der Waals surface area (Å²) in [4.78, 5) is 7.05. The summed E-state index contributed by atoms with van der Waals surface area (Å²) in [6.45, 7) is 9.99. The highest BCUT2D eigenvalue weighted by Crippen LogP contribution is 2.30. The molecule has 1 aliphatic carbocycles. The highest BCUT2D eigenvalue weighted by atomic mass is 15.1. The Morgan fingerprint density at radius 1 is 1.37 bits per heavy atom. The second-order valence-electron chi connectivity index (χ2n) is 5.95. The summed E-state index contributed by atoms with van der Waals surface area (Å²) in [6, 6.07) is 4.91. The maximum Gasteiger partial charge on any atom is 0.125 e. The molecule has 1 fully saturated rings. The molecule has 106 valence electrons. The number of nitrogens with zero attached hydrogens (tertiary/aromatic N) is 2. The van der Waals surface area contributed by atoms with Crippen LogP contribution in [0.15, 0.2) is 18.3 Å². The summed E-state index contributed by atoms with van der Waals surface area (Å²) in [5.74, 6) is 1.93. The maximum atomic E-state index is 4.49. The Bertz CT molecular complexity index is 368. The van der Waals surface area contributed by atoms with Crippen molar-refractivity contribution in [2.75, 3.05) is 18.4 Å². The van der Waals surface area contributed by atoms with E-state index in [2.05, 4.69) is 48.1 Å². The van der Waals surface area contributed by atoms with Gasteiger partial charge in [-0.25, -0.2) is 4.98 Å². The molecule has 0 spiro atoms. The molecule has 0 aromatic carbocycles. The van der Waals surface area contributed by atoms with E-state index in [0.717, 1.165) is 31.2 Å². The van der Waals surface area contributed by atoms with Crippen LogP contribution >= 0.6 is 0 Å². The molecule has 0 aliphatic heterocycles. The monoisotopic (exact) mass is 261 g/mol. The molecule has 2 rings (SSSR count). The van der Waals surface area contributed by atoms with Crippen molar-refractivity contribution in [3.8, 4) is 0 Å². The van der Waals surface area contributed by atoms with E-state index in [1.54, 1.807) is 0 Å². The van der Waals surface area contributed by atoms with Crippen LogP contribution in [0.25, 0.3) is 0 Å². The van der Waals surface area contributed by atoms with Crippen molar-refractivity contribution < 1.29 is 0 Å². The highest BCUT2D eigenvalue weighted by molar-refractivity contribution is 5.35. The second-order valence-corrected chi connectivity index (χ2v) is 5.95. The summed E-state index contributed by atoms with van der Waals surface area (Å²) in [5.41, 5.74) is 1.32. The van der Waals surface area contributed by atoms with Crippen LogP contribution in [0.1, 0.15) is 45.6 Å². The van der Waals surface area contributed by atoms with Gasteiger partial charge in [-0.05, 0) is 50.7 Å². The largest absolute Gasteiger partial charge is 0.370 e. The van der Waals surface area contributed by atoms with Crippen LogP contribution in [-0.2, 0) is 6.54 Å². The van der Waals surface area contributed by atoms with Crippen molar-refractivity contribution in [3.63, 3.8) is 0 Å². The highest BCUT2D eigenvalue weighted by Gasteiger charge is 2.25. The zero-order valence-electron chi connectivity index (χ0n) is 12.5. The summed E-state index contributed by atoms with van der Waals surface area (Å²) in [7, 11) is 0. The van der Waals surface area contributed by atoms with Gasteiger partial charge in [0.2, 0.25) is 0 Å². The predicted molar refractivity (Wildman–Crippen MR) is 81.3 cm³/mol. The molecule has 3 heteroatoms. The van der Waals surface area contributed by atoms with Crippen LogP contribution in [-0.4, -0.2) is 29.0 Å². The first-order valence-electron chi connectivity index (χ1n) is 7.62. The van der Waals surface area contributed by atoms with E-state index in [4.69, 9.17) is 0 Å². The SMILES string of the molecule is CCCNc1ccc(CN(CC2CC2)C(C)C)cn1. The first-order valence-corrected chi connectivity index (χ1v) is 7.62. The summed E-state index contributed by atoms with van der Waals surface area (Å²) >= 11 is 0. The summed E-state index contributed by atoms with van der Waals surface area (Å²) in [5, 5.41) is 3.32. The lowest BCUT2D eigenvalue weighted by atomic mass is 10.2. The Hall–Kier alpha value is -1.09. The molecule has 0 unspecified atom stereocenters. The smallest absolute Gasteiger partial charge is 0.125 e. The number of nitrogens with one attached hydrogen (secondary N) is 1. The molecule has 1 aromatic heterocycles. The normalized spacial score (nSPS) is 15.2. The number of aromatic nitrogens is 1. The zero-order chi connectivity index (χ0) is 13.7. The summed E-state index contributed by atoms with van der Waals surface area (Å²) < 4.78 is 0. The van der Waals surface area contributed by atoms with Gasteiger partial charge in [0, 0.05) is 31.9 Å². The number of hydrogen-bond acceptors (Lipinski definition) is 3. The lowest BCUT2D eigenvalue weighted by molar-refractivity contribution is 0.203. The molecule has 19 heavy (non-hydrogen) atoms. The Kier molecular flexibility index (Phi) is 5.20. The molecular formula is C16H27N3. The third kappa shape index (κ3) is 4.83. The van der Waals surface area contributed by atoms with Crippen LogP contribution < -0.4 is 5.32 Å². The van der Waals surface area contributed by atoms with E-state index in [1.165, 1.54) is 24.9 Å². The van der Waals surface area contributed by atoms with Crippen LogP contribution in [0.2, 0.25) is 0 Å². The fourth-order valence-electron chi connectivity index (χ4n) is 2.20. The van der Waals surface area contributed by atoms with Crippen molar-refractivity contribution in [2.24, 2.45) is 5.92 Å². The second kappa shape index (κ2) is 6.90. The van der Waals surface area contributed by atoms with Gasteiger partial charge in [0.1, 0.15) is 5.82 Å². The molecule has 1 saturated carbocycles. The van der Waals surface area contributed by atoms with Gasteiger partial charge in [0.15, 0.2) is 0 Å². The van der Waals surface area contributed by atoms with E-state index < -0.39 is 0 Å². The summed E-state index contributed by atoms with van der Waals surface area (Å²) in [6.07, 6.45) is 5.98. The van der Waals surface area contributed by atoms with E-state index in [0.29, 0.717) is 6.04 Å². The minimum Gasteiger partial charge on any atom is -0.370 e. The molecule has 0 saturated heterocycles. The molecule has 0 atom stereocenters. The first kappa shape index (κ1) is 14.3. The Morgan fingerprint density at radius 3 is 2.68 bits per heavy atom. The van der Waals surface area contributed by atoms with Gasteiger partial charge in [0.25, 0.3) is 0 Å². The van der Waals surface area contributed by atoms with E-state index in [9.17, 15) is 0 Å². The lowest BCUT2D eigenvalue weighted by Gasteiger charge is -2.26. The van der Waals surface area contributed by atoms with Crippen molar-refractivity contribution in [1.82, 2.24) is 9.88 Å². The van der Waals surface area contributed by atoms with E-state index in [-0.39, 0.29) is 0 Å². The Balaban J connectivity index is 1.88. The van der Waals surface area contributed by atoms with Crippen molar-refractivity contribution in [3.05, 3.63) is 23.9 Å². The quantitative estimate of drug-likeness (QED) is 0.776. The molecule has 0 bridgehead atoms. The van der Waals surface area contributed by atoms with Gasteiger partial charge in [-0.2, -0.15) is 0 Å². The van der Waals surface area contributed by atoms with Gasteiger partial charge in [0.05, 0.1) is 0 Å². The molecule has 0 amide bonds. The van der Waals surface area contributed by atoms with Crippen molar-refractivity contribution in [1.29, 1.82) is 0 Å². The van der Waals surface area contributed by atoms with E-state index in [1.807, 2.05) is 6.20 Å². The number of hydrogen-bond donors (Lipinski definition) is 1. The van der Waals surface area contributed by atoms with E-state index >= 15 is 0 Å². The molecular weight excluding hydrogens is 234 g/mol. The molecule has 1 aliphatic rings. The maximum absolute atomic E-state index is 4.49. The number of pyridine rings is 1. The third-order valence-electron chi connectivity index (χ3n) is 3.69. The minimum atomic E-state index is 0.610. The molecule has 1 heterocycles. The third-order valence-corrected chi connectivity index (χ3v) is 3.69. The number of rotatable bonds is 8. The average Bonchev–Trinajstić information content (AvgIpc) is 3.21. The average molecular weight is 261 g/mol. The van der Waals surface area contributed by atoms with Crippen LogP contribution in [0.3, 0.4) is 0 Å². The fourth-order valence-corrected chi connectivity index (χ4v) is 2.20. The standard InChI is InChI=1S/C16H27N3/c1-4-9-17-16-8-7-15(10-18-16)12-19(13(2)3)11-14-5-6-14/h7-8,10,13-14H,4-6,9,11-12H2,1-3H3,(H,17,18). The molecule has 3 nitrogen and oxygen atoms in total. The fraction of sp³-hybridized carbons (Fsp3) is 0.688. The van der Waals surface area contributed by atoms with Gasteiger partial charge < -0.3 is 5.32 Å². The van der Waals surface area contributed by atoms with Gasteiger partial charge >= 0.3 is 0 Å². The van der Waals surface area contributed by atoms with Crippen LogP contribution in [0.4, 0.5) is 5.82 Å². The topological polar surface area (TPSA) is 28.2 Å². The molecule has 0 radical (unpaired) electrons. The predicted octanol–water partition coefficient (Wildman–Crippen LogP) is 3.52. The van der Waals surface area contributed by atoms with Gasteiger partial charge in [-0.1, -0.05) is 13.0 Å². The Morgan fingerprint density at radius 2 is 2.16 bits per heavy atom. The van der Waals surface area contributed by atoms with Crippen molar-refractivity contribution >= 4 is 5.82 Å².